The monoisotopic (exact) mass is 579 g/mol. The van der Waals surface area contributed by atoms with Crippen LogP contribution in [0.4, 0.5) is 36.8 Å². The van der Waals surface area contributed by atoms with Crippen molar-refractivity contribution >= 4 is 17.7 Å². The van der Waals surface area contributed by atoms with E-state index in [4.69, 9.17) is 18.9 Å². The number of ether oxygens (including phenoxy) is 4. The molecule has 1 amide bonds. The molecule has 2 aromatic rings. The van der Waals surface area contributed by atoms with Crippen LogP contribution in [-0.4, -0.2) is 51.1 Å². The minimum Gasteiger partial charge on any atom is -0.493 e. The highest BCUT2D eigenvalue weighted by molar-refractivity contribution is 5.92. The zero-order valence-electron chi connectivity index (χ0n) is 22.1. The largest absolute Gasteiger partial charge is 0.493 e. The second-order valence-electron chi connectivity index (χ2n) is 9.02. The molecule has 0 saturated heterocycles. The number of fused-ring (bicyclic) bond motifs is 1. The van der Waals surface area contributed by atoms with Gasteiger partial charge in [-0.15, -0.1) is 0 Å². The molecule has 3 atom stereocenters. The van der Waals surface area contributed by atoms with Crippen LogP contribution in [-0.2, 0) is 32.2 Å². The van der Waals surface area contributed by atoms with E-state index in [2.05, 4.69) is 0 Å². The number of esters is 1. The minimum atomic E-state index is -5.25. The number of hydrogen-bond donors (Lipinski definition) is 1. The van der Waals surface area contributed by atoms with E-state index in [1.807, 2.05) is 0 Å². The Morgan fingerprint density at radius 2 is 1.40 bits per heavy atom. The van der Waals surface area contributed by atoms with Gasteiger partial charge in [0.15, 0.2) is 17.1 Å². The van der Waals surface area contributed by atoms with Gasteiger partial charge in [0.25, 0.3) is 0 Å². The lowest BCUT2D eigenvalue weighted by Crippen LogP contribution is -2.50. The van der Waals surface area contributed by atoms with Gasteiger partial charge in [-0.2, -0.15) is 26.3 Å². The fourth-order valence-electron chi connectivity index (χ4n) is 4.84. The number of hydrogen-bond acceptors (Lipinski definition) is 7. The van der Waals surface area contributed by atoms with Gasteiger partial charge < -0.3 is 24.1 Å². The molecule has 220 valence electrons. The van der Waals surface area contributed by atoms with Crippen molar-refractivity contribution in [2.75, 3.05) is 32.8 Å². The molecule has 0 radical (unpaired) electrons. The molecule has 2 aromatic carbocycles. The second-order valence-corrected chi connectivity index (χ2v) is 9.02. The van der Waals surface area contributed by atoms with Crippen LogP contribution in [0.3, 0.4) is 0 Å². The lowest BCUT2D eigenvalue weighted by atomic mass is 9.71. The van der Waals surface area contributed by atoms with Gasteiger partial charge in [0.2, 0.25) is 0 Å². The van der Waals surface area contributed by atoms with Crippen molar-refractivity contribution < 1.29 is 60.0 Å². The first-order valence-corrected chi connectivity index (χ1v) is 11.9. The number of alkyl halides is 6. The summed E-state index contributed by atoms with van der Waals surface area (Å²) >= 11 is 0. The first kappa shape index (κ1) is 30.9. The quantitative estimate of drug-likeness (QED) is 0.350. The Morgan fingerprint density at radius 3 is 1.85 bits per heavy atom. The normalized spacial score (nSPS) is 18.9. The predicted molar refractivity (Wildman–Crippen MR) is 128 cm³/mol. The minimum absolute atomic E-state index is 0.00927. The summed E-state index contributed by atoms with van der Waals surface area (Å²) in [6.07, 6.45) is -11.6. The third kappa shape index (κ3) is 5.49. The van der Waals surface area contributed by atoms with Crippen molar-refractivity contribution in [1.82, 2.24) is 0 Å². The third-order valence-corrected chi connectivity index (χ3v) is 6.68. The maximum absolute atomic E-state index is 13.7. The van der Waals surface area contributed by atoms with Crippen LogP contribution in [0.25, 0.3) is 0 Å². The van der Waals surface area contributed by atoms with E-state index in [-0.39, 0.29) is 54.0 Å². The molecule has 1 aliphatic rings. The summed E-state index contributed by atoms with van der Waals surface area (Å²) in [5.74, 6) is -2.86. The Bertz CT molecular complexity index is 1250. The fraction of sp³-hybridized carbons (Fsp3) is 0.462. The van der Waals surface area contributed by atoms with Gasteiger partial charge in [-0.1, -0.05) is 0 Å². The maximum Gasteiger partial charge on any atom is 0.416 e. The first-order chi connectivity index (χ1) is 18.5. The van der Waals surface area contributed by atoms with E-state index in [0.717, 1.165) is 7.11 Å². The van der Waals surface area contributed by atoms with Gasteiger partial charge in [-0.3, -0.25) is 4.90 Å². The van der Waals surface area contributed by atoms with Crippen LogP contribution in [0, 0.1) is 0 Å². The van der Waals surface area contributed by atoms with E-state index in [9.17, 15) is 41.0 Å². The van der Waals surface area contributed by atoms with Crippen LogP contribution < -0.4 is 14.4 Å². The van der Waals surface area contributed by atoms with Crippen molar-refractivity contribution in [2.45, 2.75) is 50.2 Å². The van der Waals surface area contributed by atoms with Crippen molar-refractivity contribution in [1.29, 1.82) is 0 Å². The summed E-state index contributed by atoms with van der Waals surface area (Å²) in [7, 11) is 3.40. The molecule has 1 N–H and O–H groups in total. The van der Waals surface area contributed by atoms with Gasteiger partial charge in [0.1, 0.15) is 0 Å². The van der Waals surface area contributed by atoms with Crippen LogP contribution in [0.5, 0.6) is 11.5 Å². The van der Waals surface area contributed by atoms with Gasteiger partial charge in [-0.25, -0.2) is 9.59 Å². The molecule has 0 saturated carbocycles. The van der Waals surface area contributed by atoms with Gasteiger partial charge in [0.05, 0.1) is 44.8 Å². The Labute approximate surface area is 225 Å². The number of rotatable bonds is 6. The number of carbonyl (C=O) groups excluding carboxylic acids is 2. The highest BCUT2D eigenvalue weighted by Gasteiger charge is 2.53. The highest BCUT2D eigenvalue weighted by Crippen LogP contribution is 2.52. The number of anilines is 1. The number of methoxy groups -OCH3 is 3. The second kappa shape index (κ2) is 11.1. The fourth-order valence-corrected chi connectivity index (χ4v) is 4.84. The molecule has 14 heteroatoms. The van der Waals surface area contributed by atoms with Gasteiger partial charge in [-0.05, 0) is 55.7 Å². The maximum atomic E-state index is 13.7. The molecule has 0 spiro atoms. The summed E-state index contributed by atoms with van der Waals surface area (Å²) in [6.45, 7) is 3.06. The number of carbonyl (C=O) groups is 2. The standard InChI is InChI=1S/C26H27F6NO7/c1-6-40-23(35)33-13(2)7-18(17-11-20(37-3)21(38-4)12-19(17)33)24(36,22(34)39-5)14-8-15(25(27,28)29)10-16(9-14)26(30,31)32/h8-13,18,36H,6-7H2,1-5H3. The third-order valence-electron chi connectivity index (χ3n) is 6.68. The van der Waals surface area contributed by atoms with E-state index in [1.165, 1.54) is 38.2 Å². The van der Waals surface area contributed by atoms with Crippen molar-refractivity contribution in [3.8, 4) is 11.5 Å². The summed E-state index contributed by atoms with van der Waals surface area (Å²) < 4.78 is 103. The molecular formula is C26H27F6NO7. The average Bonchev–Trinajstić information content (AvgIpc) is 2.89. The van der Waals surface area contributed by atoms with Crippen LogP contribution in [0.15, 0.2) is 30.3 Å². The molecule has 0 aromatic heterocycles. The molecule has 0 aliphatic carbocycles. The molecular weight excluding hydrogens is 552 g/mol. The Morgan fingerprint density at radius 1 is 0.900 bits per heavy atom. The molecule has 0 bridgehead atoms. The Kier molecular flexibility index (Phi) is 8.53. The molecule has 40 heavy (non-hydrogen) atoms. The summed E-state index contributed by atoms with van der Waals surface area (Å²) in [6, 6.07) is 2.18. The van der Waals surface area contributed by atoms with E-state index >= 15 is 0 Å². The smallest absolute Gasteiger partial charge is 0.416 e. The first-order valence-electron chi connectivity index (χ1n) is 11.9. The van der Waals surface area contributed by atoms with Crippen LogP contribution >= 0.6 is 0 Å². The molecule has 3 unspecified atom stereocenters. The zero-order chi connectivity index (χ0) is 30.2. The van der Waals surface area contributed by atoms with Crippen LogP contribution in [0.2, 0.25) is 0 Å². The Balaban J connectivity index is 2.41. The van der Waals surface area contributed by atoms with Crippen molar-refractivity contribution in [2.24, 2.45) is 0 Å². The van der Waals surface area contributed by atoms with Crippen molar-refractivity contribution in [3.05, 3.63) is 52.6 Å². The molecule has 8 nitrogen and oxygen atoms in total. The lowest BCUT2D eigenvalue weighted by molar-refractivity contribution is -0.168. The zero-order valence-corrected chi connectivity index (χ0v) is 22.1. The van der Waals surface area contributed by atoms with E-state index < -0.39 is 58.7 Å². The summed E-state index contributed by atoms with van der Waals surface area (Å²) in [4.78, 5) is 27.2. The van der Waals surface area contributed by atoms with E-state index in [1.54, 1.807) is 6.92 Å². The average molecular weight is 579 g/mol. The molecule has 0 fully saturated rings. The summed E-state index contributed by atoms with van der Waals surface area (Å²) in [5, 5.41) is 11.9. The van der Waals surface area contributed by atoms with Gasteiger partial charge in [0, 0.05) is 18.0 Å². The SMILES string of the molecule is CCOC(=O)N1c2cc(OC)c(OC)cc2C(C(O)(C(=O)OC)c2cc(C(F)(F)F)cc(C(F)(F)F)c2)CC1C. The summed E-state index contributed by atoms with van der Waals surface area (Å²) in [5.41, 5.74) is -7.51. The lowest BCUT2D eigenvalue weighted by Gasteiger charge is -2.44. The van der Waals surface area contributed by atoms with Crippen molar-refractivity contribution in [3.63, 3.8) is 0 Å². The topological polar surface area (TPSA) is 94.5 Å². The number of nitrogens with zero attached hydrogens (tertiary/aromatic N) is 1. The molecule has 1 heterocycles. The number of benzene rings is 2. The number of aliphatic hydroxyl groups is 1. The molecule has 1 aliphatic heterocycles. The van der Waals surface area contributed by atoms with E-state index in [0.29, 0.717) is 0 Å². The number of amides is 1. The van der Waals surface area contributed by atoms with Crippen LogP contribution in [0.1, 0.15) is 48.4 Å². The Hall–Kier alpha value is -3.68. The molecule has 3 rings (SSSR count). The highest BCUT2D eigenvalue weighted by atomic mass is 19.4. The number of halogens is 6. The van der Waals surface area contributed by atoms with Gasteiger partial charge >= 0.3 is 24.4 Å². The predicted octanol–water partition coefficient (Wildman–Crippen LogP) is 5.64.